The second-order valence-electron chi connectivity index (χ2n) is 16.6. The molecule has 63 heavy (non-hydrogen) atoms. The number of nitrogens with zero attached hydrogens (tertiary/aromatic N) is 3. The van der Waals surface area contributed by atoms with Crippen LogP contribution >= 0.6 is 0 Å². The third-order valence-electron chi connectivity index (χ3n) is 13.4. The van der Waals surface area contributed by atoms with Crippen LogP contribution in [0.5, 0.6) is 0 Å². The van der Waals surface area contributed by atoms with E-state index in [9.17, 15) is 0 Å². The molecular formula is C58H33N3O2. The Bertz CT molecular complexity index is 3880. The molecule has 0 saturated carbocycles. The Hall–Kier alpha value is -8.41. The van der Waals surface area contributed by atoms with E-state index in [0.717, 1.165) is 71.7 Å². The molecule has 2 aliphatic carbocycles. The fourth-order valence-corrected chi connectivity index (χ4v) is 10.8. The van der Waals surface area contributed by atoms with Crippen molar-refractivity contribution in [2.75, 3.05) is 0 Å². The van der Waals surface area contributed by atoms with E-state index in [-0.39, 0.29) is 0 Å². The molecular weight excluding hydrogens is 771 g/mol. The summed E-state index contributed by atoms with van der Waals surface area (Å²) in [5.41, 5.74) is 17.4. The van der Waals surface area contributed by atoms with Gasteiger partial charge in [0.2, 0.25) is 0 Å². The molecule has 2 aliphatic rings. The summed E-state index contributed by atoms with van der Waals surface area (Å²) in [5.74, 6) is 1.79. The molecule has 0 saturated heterocycles. The summed E-state index contributed by atoms with van der Waals surface area (Å²) in [5, 5.41) is 4.25. The summed E-state index contributed by atoms with van der Waals surface area (Å²) in [6.45, 7) is 0. The van der Waals surface area contributed by atoms with E-state index in [1.807, 2.05) is 54.6 Å². The minimum atomic E-state index is -0.681. The van der Waals surface area contributed by atoms with Crippen LogP contribution in [0, 0.1) is 0 Å². The molecule has 1 spiro atoms. The number of hydrogen-bond donors (Lipinski definition) is 0. The van der Waals surface area contributed by atoms with Crippen molar-refractivity contribution < 1.29 is 8.83 Å². The second kappa shape index (κ2) is 12.8. The van der Waals surface area contributed by atoms with Crippen LogP contribution in [-0.4, -0.2) is 15.0 Å². The maximum atomic E-state index is 6.67. The molecule has 5 nitrogen and oxygen atoms in total. The molecule has 0 radical (unpaired) electrons. The Morgan fingerprint density at radius 2 is 0.810 bits per heavy atom. The topological polar surface area (TPSA) is 65.0 Å². The fraction of sp³-hybridized carbons (Fsp3) is 0.0172. The highest BCUT2D eigenvalue weighted by Crippen LogP contribution is 2.62. The Morgan fingerprint density at radius 1 is 0.286 bits per heavy atom. The van der Waals surface area contributed by atoms with E-state index < -0.39 is 5.41 Å². The molecule has 9 aromatic carbocycles. The Labute approximate surface area is 361 Å². The summed E-state index contributed by atoms with van der Waals surface area (Å²) < 4.78 is 13.0. The summed E-state index contributed by atoms with van der Waals surface area (Å²) >= 11 is 0. The largest absolute Gasteiger partial charge is 0.456 e. The highest BCUT2D eigenvalue weighted by atomic mass is 16.3. The van der Waals surface area contributed by atoms with Crippen LogP contribution in [0.25, 0.3) is 111 Å². The van der Waals surface area contributed by atoms with Crippen molar-refractivity contribution >= 4 is 43.9 Å². The lowest BCUT2D eigenvalue weighted by molar-refractivity contribution is 0.666. The number of hydrogen-bond acceptors (Lipinski definition) is 5. The van der Waals surface area contributed by atoms with Gasteiger partial charge in [-0.05, 0) is 92.0 Å². The lowest BCUT2D eigenvalue weighted by Gasteiger charge is -2.35. The number of benzene rings is 9. The van der Waals surface area contributed by atoms with Gasteiger partial charge < -0.3 is 8.83 Å². The zero-order valence-corrected chi connectivity index (χ0v) is 33.7. The van der Waals surface area contributed by atoms with Gasteiger partial charge in [0.15, 0.2) is 17.5 Å². The minimum absolute atomic E-state index is 0.587. The van der Waals surface area contributed by atoms with Gasteiger partial charge in [-0.2, -0.15) is 0 Å². The smallest absolute Gasteiger partial charge is 0.164 e. The van der Waals surface area contributed by atoms with Gasteiger partial charge in [0.1, 0.15) is 22.3 Å². The first-order valence-corrected chi connectivity index (χ1v) is 21.3. The SMILES string of the molecule is c1ccc(-c2nc(-c3ccc4c(c3)-c3ccccc3-c3ccccc3C43c4ccccc4-c4cc5c(cc43)oc3ccccc35)nc(-c3cccc4oc5ccccc5c34)n2)cc1. The molecule has 12 aromatic rings. The van der Waals surface area contributed by atoms with Gasteiger partial charge in [-0.1, -0.05) is 164 Å². The van der Waals surface area contributed by atoms with Crippen molar-refractivity contribution in [2.45, 2.75) is 5.41 Å². The normalized spacial score (nSPS) is 14.7. The zero-order chi connectivity index (χ0) is 41.2. The number of aromatic nitrogens is 3. The first-order chi connectivity index (χ1) is 31.2. The fourth-order valence-electron chi connectivity index (χ4n) is 10.8. The van der Waals surface area contributed by atoms with Gasteiger partial charge in [-0.25, -0.2) is 15.0 Å². The van der Waals surface area contributed by atoms with Crippen molar-refractivity contribution in [2.24, 2.45) is 0 Å². The van der Waals surface area contributed by atoms with Gasteiger partial charge in [0.05, 0.1) is 5.41 Å². The number of rotatable bonds is 3. The summed E-state index contributed by atoms with van der Waals surface area (Å²) in [6, 6.07) is 71.0. The van der Waals surface area contributed by atoms with Crippen molar-refractivity contribution in [1.29, 1.82) is 0 Å². The standard InChI is InChI=1S/C58H33N3O2/c1-2-15-34(16-3-1)55-59-56(61-57(60-55)42-23-14-28-52-54(42)41-22-9-13-27-51(41)62-52)35-29-30-48-43(31-35)37-18-5-4-17-36(37)38-19-6-10-24-46(38)58(48)47-25-11-7-20-39(47)44-32-45-40-21-8-12-26-50(40)63-53(45)33-49(44)58/h1-33H. The molecule has 0 bridgehead atoms. The van der Waals surface area contributed by atoms with Crippen molar-refractivity contribution in [3.05, 3.63) is 222 Å². The van der Waals surface area contributed by atoms with E-state index in [0.29, 0.717) is 17.5 Å². The van der Waals surface area contributed by atoms with Crippen LogP contribution in [0.15, 0.2) is 209 Å². The molecule has 0 amide bonds. The van der Waals surface area contributed by atoms with Crippen LogP contribution in [-0.2, 0) is 5.41 Å². The molecule has 14 rings (SSSR count). The Morgan fingerprint density at radius 3 is 1.59 bits per heavy atom. The molecule has 0 aliphatic heterocycles. The summed E-state index contributed by atoms with van der Waals surface area (Å²) in [7, 11) is 0. The third-order valence-corrected chi connectivity index (χ3v) is 13.4. The van der Waals surface area contributed by atoms with Gasteiger partial charge in [-0.15, -0.1) is 0 Å². The Balaban J connectivity index is 1.07. The third kappa shape index (κ3) is 4.73. The van der Waals surface area contributed by atoms with Crippen LogP contribution < -0.4 is 0 Å². The molecule has 5 heteroatoms. The molecule has 0 fully saturated rings. The minimum Gasteiger partial charge on any atom is -0.456 e. The van der Waals surface area contributed by atoms with Crippen LogP contribution in [0.3, 0.4) is 0 Å². The van der Waals surface area contributed by atoms with E-state index in [4.69, 9.17) is 23.8 Å². The lowest BCUT2D eigenvalue weighted by Crippen LogP contribution is -2.29. The monoisotopic (exact) mass is 803 g/mol. The highest BCUT2D eigenvalue weighted by Gasteiger charge is 2.50. The summed E-state index contributed by atoms with van der Waals surface area (Å²) in [4.78, 5) is 15.8. The molecule has 292 valence electrons. The van der Waals surface area contributed by atoms with Crippen LogP contribution in [0.1, 0.15) is 22.3 Å². The molecule has 1 unspecified atom stereocenters. The van der Waals surface area contributed by atoms with Crippen molar-refractivity contribution in [3.63, 3.8) is 0 Å². The average Bonchev–Trinajstić information content (AvgIpc) is 3.99. The zero-order valence-electron chi connectivity index (χ0n) is 33.7. The average molecular weight is 804 g/mol. The quantitative estimate of drug-likeness (QED) is 0.178. The van der Waals surface area contributed by atoms with E-state index in [1.165, 1.54) is 44.5 Å². The van der Waals surface area contributed by atoms with Crippen molar-refractivity contribution in [3.8, 4) is 67.5 Å². The predicted molar refractivity (Wildman–Crippen MR) is 252 cm³/mol. The molecule has 3 heterocycles. The van der Waals surface area contributed by atoms with Crippen LogP contribution in [0.2, 0.25) is 0 Å². The molecule has 1 atom stereocenters. The number of para-hydroxylation sites is 2. The van der Waals surface area contributed by atoms with E-state index in [2.05, 4.69) is 146 Å². The van der Waals surface area contributed by atoms with Gasteiger partial charge in [0, 0.05) is 38.2 Å². The second-order valence-corrected chi connectivity index (χ2v) is 16.6. The maximum absolute atomic E-state index is 6.67. The lowest BCUT2D eigenvalue weighted by atomic mass is 9.65. The van der Waals surface area contributed by atoms with Crippen molar-refractivity contribution in [1.82, 2.24) is 15.0 Å². The predicted octanol–water partition coefficient (Wildman–Crippen LogP) is 14.7. The first kappa shape index (κ1) is 34.3. The molecule has 3 aromatic heterocycles. The van der Waals surface area contributed by atoms with Gasteiger partial charge in [0.25, 0.3) is 0 Å². The maximum Gasteiger partial charge on any atom is 0.164 e. The van der Waals surface area contributed by atoms with Crippen LogP contribution in [0.4, 0.5) is 0 Å². The van der Waals surface area contributed by atoms with Gasteiger partial charge in [-0.3, -0.25) is 0 Å². The number of furan rings is 2. The number of fused-ring (bicyclic) bond motifs is 18. The highest BCUT2D eigenvalue weighted by molar-refractivity contribution is 6.12. The van der Waals surface area contributed by atoms with E-state index in [1.54, 1.807) is 0 Å². The molecule has 0 N–H and O–H groups in total. The summed E-state index contributed by atoms with van der Waals surface area (Å²) in [6.07, 6.45) is 0. The Kier molecular flexibility index (Phi) is 6.97. The van der Waals surface area contributed by atoms with Gasteiger partial charge >= 0.3 is 0 Å². The first-order valence-electron chi connectivity index (χ1n) is 21.3. The van der Waals surface area contributed by atoms with E-state index >= 15 is 0 Å².